The van der Waals surface area contributed by atoms with Crippen molar-refractivity contribution in [1.29, 1.82) is 0 Å². The Morgan fingerprint density at radius 1 is 1.35 bits per heavy atom. The van der Waals surface area contributed by atoms with Crippen molar-refractivity contribution in [3.8, 4) is 0 Å². The minimum atomic E-state index is -1.03. The quantitative estimate of drug-likeness (QED) is 0.686. The average molecular weight is 299 g/mol. The van der Waals surface area contributed by atoms with Gasteiger partial charge in [0.15, 0.2) is 5.13 Å². The third kappa shape index (κ3) is 4.46. The summed E-state index contributed by atoms with van der Waals surface area (Å²) in [7, 11) is 0. The van der Waals surface area contributed by atoms with Gasteiger partial charge in [-0.05, 0) is 25.7 Å². The van der Waals surface area contributed by atoms with E-state index in [1.165, 1.54) is 22.6 Å². The van der Waals surface area contributed by atoms with Crippen LogP contribution in [-0.2, 0) is 22.4 Å². The van der Waals surface area contributed by atoms with E-state index < -0.39 is 5.97 Å². The SMILES string of the molecule is O=C(O)COCCNC(=O)Nc1nc2c(s1)CCCC2. The first-order valence-electron chi connectivity index (χ1n) is 6.48. The number of ether oxygens (including phenoxy) is 1. The van der Waals surface area contributed by atoms with E-state index in [9.17, 15) is 9.59 Å². The van der Waals surface area contributed by atoms with E-state index in [2.05, 4.69) is 15.6 Å². The third-order valence-electron chi connectivity index (χ3n) is 2.82. The van der Waals surface area contributed by atoms with Crippen molar-refractivity contribution in [2.75, 3.05) is 25.1 Å². The van der Waals surface area contributed by atoms with Gasteiger partial charge in [-0.25, -0.2) is 14.6 Å². The van der Waals surface area contributed by atoms with Gasteiger partial charge in [0.2, 0.25) is 0 Å². The average Bonchev–Trinajstić information content (AvgIpc) is 2.79. The van der Waals surface area contributed by atoms with Crippen molar-refractivity contribution in [2.24, 2.45) is 0 Å². The van der Waals surface area contributed by atoms with Crippen molar-refractivity contribution in [3.63, 3.8) is 0 Å². The summed E-state index contributed by atoms with van der Waals surface area (Å²) < 4.78 is 4.81. The van der Waals surface area contributed by atoms with Gasteiger partial charge in [0.25, 0.3) is 0 Å². The second-order valence-electron chi connectivity index (χ2n) is 4.42. The molecule has 0 spiro atoms. The van der Waals surface area contributed by atoms with Gasteiger partial charge < -0.3 is 15.2 Å². The molecule has 0 bridgehead atoms. The molecule has 0 atom stereocenters. The third-order valence-corrected chi connectivity index (χ3v) is 3.90. The van der Waals surface area contributed by atoms with Crippen LogP contribution in [0.2, 0.25) is 0 Å². The number of amides is 2. The number of aryl methyl sites for hydroxylation is 2. The number of carboxylic acids is 1. The van der Waals surface area contributed by atoms with Crippen molar-refractivity contribution in [2.45, 2.75) is 25.7 Å². The van der Waals surface area contributed by atoms with Crippen molar-refractivity contribution in [1.82, 2.24) is 10.3 Å². The largest absolute Gasteiger partial charge is 0.480 e. The molecule has 110 valence electrons. The van der Waals surface area contributed by atoms with Crippen LogP contribution in [0.4, 0.5) is 9.93 Å². The van der Waals surface area contributed by atoms with E-state index in [-0.39, 0.29) is 25.8 Å². The number of nitrogens with zero attached hydrogens (tertiary/aromatic N) is 1. The molecule has 1 heterocycles. The fourth-order valence-corrected chi connectivity index (χ4v) is 2.99. The minimum Gasteiger partial charge on any atom is -0.480 e. The molecule has 0 saturated heterocycles. The first-order chi connectivity index (χ1) is 9.65. The van der Waals surface area contributed by atoms with E-state index in [0.717, 1.165) is 25.0 Å². The summed E-state index contributed by atoms with van der Waals surface area (Å²) in [5.41, 5.74) is 1.10. The molecule has 2 rings (SSSR count). The zero-order valence-corrected chi connectivity index (χ0v) is 11.8. The highest BCUT2D eigenvalue weighted by molar-refractivity contribution is 7.15. The molecule has 1 aromatic heterocycles. The molecular weight excluding hydrogens is 282 g/mol. The van der Waals surface area contributed by atoms with Gasteiger partial charge >= 0.3 is 12.0 Å². The van der Waals surface area contributed by atoms with E-state index >= 15 is 0 Å². The van der Waals surface area contributed by atoms with E-state index in [1.807, 2.05) is 0 Å². The number of hydrogen-bond acceptors (Lipinski definition) is 5. The van der Waals surface area contributed by atoms with Crippen LogP contribution in [-0.4, -0.2) is 41.8 Å². The lowest BCUT2D eigenvalue weighted by Crippen LogP contribution is -2.31. The molecule has 7 nitrogen and oxygen atoms in total. The minimum absolute atomic E-state index is 0.161. The Bertz CT molecular complexity index is 466. The smallest absolute Gasteiger partial charge is 0.329 e. The number of carbonyl (C=O) groups is 2. The Hall–Kier alpha value is -1.67. The number of thiazole rings is 1. The summed E-state index contributed by atoms with van der Waals surface area (Å²) >= 11 is 1.52. The molecule has 1 aromatic rings. The van der Waals surface area contributed by atoms with Crippen LogP contribution in [0.3, 0.4) is 0 Å². The molecule has 0 unspecified atom stereocenters. The fraction of sp³-hybridized carbons (Fsp3) is 0.583. The molecule has 0 aromatic carbocycles. The van der Waals surface area contributed by atoms with E-state index in [1.54, 1.807) is 0 Å². The number of nitrogens with one attached hydrogen (secondary N) is 2. The topological polar surface area (TPSA) is 101 Å². The van der Waals surface area contributed by atoms with E-state index in [4.69, 9.17) is 9.84 Å². The predicted molar refractivity (Wildman–Crippen MR) is 74.2 cm³/mol. The van der Waals surface area contributed by atoms with Gasteiger partial charge in [0.1, 0.15) is 6.61 Å². The zero-order valence-electron chi connectivity index (χ0n) is 11.0. The maximum atomic E-state index is 11.6. The molecule has 3 N–H and O–H groups in total. The molecule has 0 fully saturated rings. The lowest BCUT2D eigenvalue weighted by Gasteiger charge is -2.06. The predicted octanol–water partition coefficient (Wildman–Crippen LogP) is 1.24. The van der Waals surface area contributed by atoms with Gasteiger partial charge in [0.05, 0.1) is 12.3 Å². The first kappa shape index (κ1) is 14.7. The van der Waals surface area contributed by atoms with Crippen LogP contribution < -0.4 is 10.6 Å². The molecule has 0 aliphatic heterocycles. The molecule has 1 aliphatic rings. The summed E-state index contributed by atoms with van der Waals surface area (Å²) in [6, 6.07) is -0.352. The van der Waals surface area contributed by atoms with Crippen molar-refractivity contribution < 1.29 is 19.4 Å². The van der Waals surface area contributed by atoms with Crippen LogP contribution >= 0.6 is 11.3 Å². The monoisotopic (exact) mass is 299 g/mol. The number of carbonyl (C=O) groups excluding carboxylic acids is 1. The molecule has 8 heteroatoms. The zero-order chi connectivity index (χ0) is 14.4. The second kappa shape index (κ2) is 7.20. The van der Waals surface area contributed by atoms with Crippen LogP contribution in [0, 0.1) is 0 Å². The molecule has 20 heavy (non-hydrogen) atoms. The summed E-state index contributed by atoms with van der Waals surface area (Å²) in [4.78, 5) is 27.5. The summed E-state index contributed by atoms with van der Waals surface area (Å²) in [6.07, 6.45) is 4.36. The van der Waals surface area contributed by atoms with Gasteiger partial charge in [-0.2, -0.15) is 0 Å². The number of carboxylic acid groups (broad SMARTS) is 1. The standard InChI is InChI=1S/C12H17N3O4S/c16-10(17)7-19-6-5-13-11(18)15-12-14-8-3-1-2-4-9(8)20-12/h1-7H2,(H,16,17)(H2,13,14,15,18). The van der Waals surface area contributed by atoms with Crippen molar-refractivity contribution in [3.05, 3.63) is 10.6 Å². The number of aromatic nitrogens is 1. The highest BCUT2D eigenvalue weighted by atomic mass is 32.1. The van der Waals surface area contributed by atoms with Gasteiger partial charge in [-0.1, -0.05) is 0 Å². The Kier molecular flexibility index (Phi) is 5.31. The Balaban J connectivity index is 1.69. The number of anilines is 1. The molecule has 0 radical (unpaired) electrons. The van der Waals surface area contributed by atoms with Crippen LogP contribution in [0.25, 0.3) is 0 Å². The van der Waals surface area contributed by atoms with Gasteiger partial charge in [-0.15, -0.1) is 11.3 Å². The van der Waals surface area contributed by atoms with Crippen molar-refractivity contribution >= 4 is 28.5 Å². The summed E-state index contributed by atoms with van der Waals surface area (Å²) in [5, 5.41) is 14.2. The molecule has 0 saturated carbocycles. The maximum absolute atomic E-state index is 11.6. The number of rotatable bonds is 6. The molecule has 2 amide bonds. The van der Waals surface area contributed by atoms with E-state index in [0.29, 0.717) is 5.13 Å². The molecular formula is C12H17N3O4S. The summed E-state index contributed by atoms with van der Waals surface area (Å²) in [6.45, 7) is 0.0563. The lowest BCUT2D eigenvalue weighted by molar-refractivity contribution is -0.142. The van der Waals surface area contributed by atoms with Gasteiger partial charge in [-0.3, -0.25) is 5.32 Å². The van der Waals surface area contributed by atoms with Crippen LogP contribution in [0.5, 0.6) is 0 Å². The highest BCUT2D eigenvalue weighted by Gasteiger charge is 2.16. The molecule has 1 aliphatic carbocycles. The number of urea groups is 1. The summed E-state index contributed by atoms with van der Waals surface area (Å²) in [5.74, 6) is -1.03. The Morgan fingerprint density at radius 2 is 2.15 bits per heavy atom. The highest BCUT2D eigenvalue weighted by Crippen LogP contribution is 2.29. The fourth-order valence-electron chi connectivity index (χ4n) is 1.94. The van der Waals surface area contributed by atoms with Crippen LogP contribution in [0.1, 0.15) is 23.4 Å². The Labute approximate surface area is 120 Å². The number of fused-ring (bicyclic) bond motifs is 1. The normalized spacial score (nSPS) is 13.6. The second-order valence-corrected chi connectivity index (χ2v) is 5.51. The number of aliphatic carboxylic acids is 1. The maximum Gasteiger partial charge on any atom is 0.329 e. The lowest BCUT2D eigenvalue weighted by atomic mass is 10.0. The van der Waals surface area contributed by atoms with Gasteiger partial charge in [0, 0.05) is 11.4 Å². The van der Waals surface area contributed by atoms with Crippen LogP contribution in [0.15, 0.2) is 0 Å². The first-order valence-corrected chi connectivity index (χ1v) is 7.30. The number of hydrogen-bond donors (Lipinski definition) is 3. The Morgan fingerprint density at radius 3 is 2.90 bits per heavy atom.